The largest absolute Gasteiger partial charge is 0.507 e. The lowest BCUT2D eigenvalue weighted by Gasteiger charge is -2.43. The molecule has 5 rings (SSSR count). The molecule has 0 saturated heterocycles. The average molecular weight is 453 g/mol. The number of aromatic nitrogens is 5. The quantitative estimate of drug-likeness (QED) is 0.601. The molecule has 32 heavy (non-hydrogen) atoms. The molecule has 3 aromatic rings. The number of phenols is 1. The fourth-order valence-electron chi connectivity index (χ4n) is 5.64. The lowest BCUT2D eigenvalue weighted by Crippen LogP contribution is -2.42. The summed E-state index contributed by atoms with van der Waals surface area (Å²) in [7, 11) is 3.63. The van der Waals surface area contributed by atoms with Crippen molar-refractivity contribution in [2.24, 2.45) is 10.8 Å². The molecule has 2 bridgehead atoms. The zero-order valence-corrected chi connectivity index (χ0v) is 19.7. The molecule has 2 heterocycles. The van der Waals surface area contributed by atoms with E-state index in [4.69, 9.17) is 4.74 Å². The third kappa shape index (κ3) is 3.79. The molecule has 3 atom stereocenters. The molecule has 2 aliphatic carbocycles. The summed E-state index contributed by atoms with van der Waals surface area (Å²) >= 11 is 1.51. The minimum Gasteiger partial charge on any atom is -0.507 e. The van der Waals surface area contributed by atoms with Crippen molar-refractivity contribution >= 4 is 16.5 Å². The Balaban J connectivity index is 1.37. The van der Waals surface area contributed by atoms with Gasteiger partial charge in [0, 0.05) is 18.7 Å². The molecule has 0 radical (unpaired) electrons. The molecule has 2 aromatic heterocycles. The van der Waals surface area contributed by atoms with Crippen molar-refractivity contribution in [1.29, 1.82) is 0 Å². The van der Waals surface area contributed by atoms with Gasteiger partial charge in [-0.15, -0.1) is 10.2 Å². The number of nitrogens with zero attached hydrogens (tertiary/aromatic N) is 6. The standard InChI is InChI=1S/C23H28N6O2S/c1-22-7-8-23(2,12-22)11-15(10-22)29(3)21-28-27-19(32-21)16-6-5-14(9-17(16)30)18-24-13-25-20(26-18)31-4/h5-6,9,13,15,30H,7-8,10-12H2,1-4H3/t15?,22-,23+. The van der Waals surface area contributed by atoms with E-state index in [-0.39, 0.29) is 11.8 Å². The highest BCUT2D eigenvalue weighted by atomic mass is 32.1. The Hall–Kier alpha value is -2.81. The molecule has 2 saturated carbocycles. The zero-order valence-electron chi connectivity index (χ0n) is 18.9. The molecule has 8 nitrogen and oxygen atoms in total. The first-order valence-corrected chi connectivity index (χ1v) is 11.7. The molecular weight excluding hydrogens is 424 g/mol. The van der Waals surface area contributed by atoms with E-state index in [0.717, 1.165) is 5.13 Å². The summed E-state index contributed by atoms with van der Waals surface area (Å²) in [5, 5.41) is 21.1. The van der Waals surface area contributed by atoms with Gasteiger partial charge >= 0.3 is 6.01 Å². The van der Waals surface area contributed by atoms with Crippen LogP contribution < -0.4 is 9.64 Å². The molecular formula is C23H28N6O2S. The molecule has 0 amide bonds. The van der Waals surface area contributed by atoms with Crippen LogP contribution in [-0.4, -0.2) is 50.5 Å². The van der Waals surface area contributed by atoms with E-state index in [1.807, 2.05) is 12.1 Å². The summed E-state index contributed by atoms with van der Waals surface area (Å²) in [5.74, 6) is 0.549. The van der Waals surface area contributed by atoms with Gasteiger partial charge in [-0.2, -0.15) is 9.97 Å². The van der Waals surface area contributed by atoms with Gasteiger partial charge in [0.25, 0.3) is 0 Å². The number of hydrogen-bond acceptors (Lipinski definition) is 9. The van der Waals surface area contributed by atoms with E-state index in [1.165, 1.54) is 56.9 Å². The Kier molecular flexibility index (Phi) is 5.03. The maximum atomic E-state index is 10.7. The van der Waals surface area contributed by atoms with Crippen LogP contribution in [0.25, 0.3) is 22.0 Å². The Morgan fingerprint density at radius 1 is 1.12 bits per heavy atom. The Labute approximate surface area is 191 Å². The van der Waals surface area contributed by atoms with Gasteiger partial charge < -0.3 is 14.7 Å². The van der Waals surface area contributed by atoms with Crippen molar-refractivity contribution in [2.45, 2.75) is 52.0 Å². The number of hydrogen-bond donors (Lipinski definition) is 1. The van der Waals surface area contributed by atoms with E-state index in [0.29, 0.717) is 38.8 Å². The predicted octanol–water partition coefficient (Wildman–Crippen LogP) is 4.57. The highest BCUT2D eigenvalue weighted by Gasteiger charge is 2.50. The number of ether oxygens (including phenoxy) is 1. The first kappa shape index (κ1) is 21.1. The van der Waals surface area contributed by atoms with Gasteiger partial charge in [-0.3, -0.25) is 0 Å². The van der Waals surface area contributed by atoms with Crippen molar-refractivity contribution < 1.29 is 9.84 Å². The summed E-state index contributed by atoms with van der Waals surface area (Å²) in [4.78, 5) is 14.6. The molecule has 0 aliphatic heterocycles. The van der Waals surface area contributed by atoms with Crippen LogP contribution in [0.1, 0.15) is 46.0 Å². The summed E-state index contributed by atoms with van der Waals surface area (Å²) < 4.78 is 5.06. The van der Waals surface area contributed by atoms with Crippen LogP contribution in [0.4, 0.5) is 5.13 Å². The summed E-state index contributed by atoms with van der Waals surface area (Å²) in [6.45, 7) is 4.87. The summed E-state index contributed by atoms with van der Waals surface area (Å²) in [6.07, 6.45) is 7.76. The molecule has 168 valence electrons. The first-order valence-electron chi connectivity index (χ1n) is 10.9. The van der Waals surface area contributed by atoms with Crippen LogP contribution in [-0.2, 0) is 0 Å². The second-order valence-electron chi connectivity index (χ2n) is 9.89. The van der Waals surface area contributed by atoms with E-state index in [9.17, 15) is 5.11 Å². The van der Waals surface area contributed by atoms with Crippen LogP contribution in [0, 0.1) is 10.8 Å². The van der Waals surface area contributed by atoms with Crippen LogP contribution in [0.5, 0.6) is 11.8 Å². The topological polar surface area (TPSA) is 97.2 Å². The minimum atomic E-state index is 0.114. The fourth-order valence-corrected chi connectivity index (χ4v) is 6.55. The van der Waals surface area contributed by atoms with Crippen molar-refractivity contribution in [1.82, 2.24) is 25.1 Å². The fraction of sp³-hybridized carbons (Fsp3) is 0.522. The zero-order chi connectivity index (χ0) is 22.5. The average Bonchev–Trinajstić information content (AvgIpc) is 3.34. The number of phenolic OH excluding ortho intramolecular Hbond substituents is 1. The van der Waals surface area contributed by atoms with E-state index >= 15 is 0 Å². The van der Waals surface area contributed by atoms with Crippen LogP contribution >= 0.6 is 11.3 Å². The normalized spacial score (nSPS) is 26.8. The number of benzene rings is 1. The third-order valence-electron chi connectivity index (χ3n) is 7.12. The highest BCUT2D eigenvalue weighted by molar-refractivity contribution is 7.18. The Bertz CT molecular complexity index is 1140. The second-order valence-corrected chi connectivity index (χ2v) is 10.8. The summed E-state index contributed by atoms with van der Waals surface area (Å²) in [5.41, 5.74) is 2.19. The number of aromatic hydroxyl groups is 1. The number of fused-ring (bicyclic) bond motifs is 2. The van der Waals surface area contributed by atoms with E-state index < -0.39 is 0 Å². The van der Waals surface area contributed by atoms with Crippen LogP contribution in [0.3, 0.4) is 0 Å². The van der Waals surface area contributed by atoms with Gasteiger partial charge in [-0.25, -0.2) is 4.98 Å². The smallest absolute Gasteiger partial charge is 0.319 e. The molecule has 9 heteroatoms. The maximum absolute atomic E-state index is 10.7. The molecule has 2 aliphatic rings. The Morgan fingerprint density at radius 2 is 1.88 bits per heavy atom. The lowest BCUT2D eigenvalue weighted by atomic mass is 9.68. The van der Waals surface area contributed by atoms with Crippen LogP contribution in [0.2, 0.25) is 0 Å². The molecule has 1 unspecified atom stereocenters. The van der Waals surface area contributed by atoms with Crippen molar-refractivity contribution in [3.05, 3.63) is 24.5 Å². The predicted molar refractivity (Wildman–Crippen MR) is 124 cm³/mol. The number of methoxy groups -OCH3 is 1. The summed E-state index contributed by atoms with van der Waals surface area (Å²) in [6, 6.07) is 6.02. The maximum Gasteiger partial charge on any atom is 0.319 e. The minimum absolute atomic E-state index is 0.114. The van der Waals surface area contributed by atoms with E-state index in [2.05, 4.69) is 50.9 Å². The van der Waals surface area contributed by atoms with Crippen LogP contribution in [0.15, 0.2) is 24.5 Å². The number of rotatable bonds is 5. The highest BCUT2D eigenvalue weighted by Crippen LogP contribution is 2.59. The van der Waals surface area contributed by atoms with Crippen molar-refractivity contribution in [3.63, 3.8) is 0 Å². The van der Waals surface area contributed by atoms with Gasteiger partial charge in [-0.1, -0.05) is 31.3 Å². The lowest BCUT2D eigenvalue weighted by molar-refractivity contribution is 0.148. The second kappa shape index (κ2) is 7.65. The van der Waals surface area contributed by atoms with E-state index in [1.54, 1.807) is 6.07 Å². The first-order chi connectivity index (χ1) is 15.3. The van der Waals surface area contributed by atoms with Gasteiger partial charge in [-0.05, 0) is 55.1 Å². The van der Waals surface area contributed by atoms with Gasteiger partial charge in [0.2, 0.25) is 5.13 Å². The molecule has 1 aromatic carbocycles. The van der Waals surface area contributed by atoms with Crippen molar-refractivity contribution in [3.8, 4) is 33.7 Å². The van der Waals surface area contributed by atoms with Gasteiger partial charge in [0.15, 0.2) is 10.8 Å². The van der Waals surface area contributed by atoms with Crippen molar-refractivity contribution in [2.75, 3.05) is 19.1 Å². The van der Waals surface area contributed by atoms with Gasteiger partial charge in [0.05, 0.1) is 12.7 Å². The molecule has 2 fully saturated rings. The Morgan fingerprint density at radius 3 is 2.56 bits per heavy atom. The SMILES string of the molecule is COc1ncnc(-c2ccc(-c3nnc(N(C)C4C[C@]5(C)CC[C@](C)(C4)C5)s3)c(O)c2)n1. The molecule has 0 spiro atoms. The third-order valence-corrected chi connectivity index (χ3v) is 8.17. The monoisotopic (exact) mass is 452 g/mol. The molecule has 1 N–H and O–H groups in total. The number of anilines is 1. The van der Waals surface area contributed by atoms with Gasteiger partial charge in [0.1, 0.15) is 12.1 Å².